The van der Waals surface area contributed by atoms with Crippen LogP contribution in [-0.2, 0) is 0 Å². The number of aromatic nitrogens is 5. The normalized spacial score (nSPS) is 14.0. The molecular weight excluding hydrogens is 336 g/mol. The average Bonchev–Trinajstić information content (AvgIpc) is 2.97. The predicted molar refractivity (Wildman–Crippen MR) is 80.8 cm³/mol. The molecule has 2 atom stereocenters. The van der Waals surface area contributed by atoms with Gasteiger partial charge < -0.3 is 10.4 Å². The van der Waals surface area contributed by atoms with Gasteiger partial charge in [0.15, 0.2) is 5.82 Å². The Balaban J connectivity index is 1.81. The van der Waals surface area contributed by atoms with Gasteiger partial charge in [-0.05, 0) is 35.0 Å². The molecule has 0 spiro atoms. The van der Waals surface area contributed by atoms with Crippen molar-refractivity contribution in [2.45, 2.75) is 19.1 Å². The van der Waals surface area contributed by atoms with Crippen molar-refractivity contribution in [3.05, 3.63) is 46.7 Å². The standard InChI is InChI=1S/C13H13BrN6O/c1-8(11(21)9-2-4-10(14)5-3-9)16-12-13-17-18-19-20(13)7-6-15-12/h2-8,11,21H,1H3,(H,15,16)/t8-,11+/m0/s1. The van der Waals surface area contributed by atoms with Crippen molar-refractivity contribution in [2.75, 3.05) is 5.32 Å². The van der Waals surface area contributed by atoms with Gasteiger partial charge in [-0.2, -0.15) is 4.52 Å². The monoisotopic (exact) mass is 348 g/mol. The molecule has 0 aliphatic heterocycles. The maximum atomic E-state index is 10.4. The van der Waals surface area contributed by atoms with Crippen molar-refractivity contribution >= 4 is 27.4 Å². The molecule has 0 amide bonds. The molecule has 3 rings (SSSR count). The highest BCUT2D eigenvalue weighted by Gasteiger charge is 2.18. The molecule has 2 heterocycles. The number of hydrogen-bond acceptors (Lipinski definition) is 6. The lowest BCUT2D eigenvalue weighted by Crippen LogP contribution is -2.25. The van der Waals surface area contributed by atoms with Crippen LogP contribution in [0.2, 0.25) is 0 Å². The molecule has 0 aliphatic carbocycles. The number of rotatable bonds is 4. The Morgan fingerprint density at radius 1 is 1.29 bits per heavy atom. The van der Waals surface area contributed by atoms with Crippen LogP contribution in [0.4, 0.5) is 5.82 Å². The van der Waals surface area contributed by atoms with Gasteiger partial charge in [0, 0.05) is 10.7 Å². The van der Waals surface area contributed by atoms with E-state index in [9.17, 15) is 5.11 Å². The molecule has 8 heteroatoms. The van der Waals surface area contributed by atoms with E-state index in [4.69, 9.17) is 0 Å². The minimum atomic E-state index is -0.670. The molecular formula is C13H13BrN6O. The van der Waals surface area contributed by atoms with Gasteiger partial charge >= 0.3 is 0 Å². The maximum absolute atomic E-state index is 10.4. The van der Waals surface area contributed by atoms with Gasteiger partial charge in [0.1, 0.15) is 0 Å². The number of aliphatic hydroxyl groups is 1. The van der Waals surface area contributed by atoms with Crippen LogP contribution in [0.1, 0.15) is 18.6 Å². The first kappa shape index (κ1) is 13.9. The van der Waals surface area contributed by atoms with E-state index in [1.807, 2.05) is 31.2 Å². The zero-order chi connectivity index (χ0) is 14.8. The van der Waals surface area contributed by atoms with E-state index in [1.54, 1.807) is 12.4 Å². The predicted octanol–water partition coefficient (Wildman–Crippen LogP) is 1.82. The molecule has 3 aromatic rings. The quantitative estimate of drug-likeness (QED) is 0.747. The van der Waals surface area contributed by atoms with E-state index in [1.165, 1.54) is 4.52 Å². The van der Waals surface area contributed by atoms with Gasteiger partial charge in [-0.1, -0.05) is 28.1 Å². The number of halogens is 1. The van der Waals surface area contributed by atoms with Crippen molar-refractivity contribution in [3.63, 3.8) is 0 Å². The molecule has 7 nitrogen and oxygen atoms in total. The number of fused-ring (bicyclic) bond motifs is 1. The summed E-state index contributed by atoms with van der Waals surface area (Å²) in [6.45, 7) is 1.88. The number of nitrogens with one attached hydrogen (secondary N) is 1. The lowest BCUT2D eigenvalue weighted by atomic mass is 10.0. The SMILES string of the molecule is C[C@H](Nc1nccn2nnnc12)[C@@H](O)c1ccc(Br)cc1. The Hall–Kier alpha value is -2.06. The van der Waals surface area contributed by atoms with E-state index in [0.717, 1.165) is 10.0 Å². The van der Waals surface area contributed by atoms with Crippen LogP contribution in [0.3, 0.4) is 0 Å². The topological polar surface area (TPSA) is 88.2 Å². The van der Waals surface area contributed by atoms with Gasteiger partial charge in [-0.15, -0.1) is 5.10 Å². The molecule has 0 aliphatic rings. The molecule has 0 saturated carbocycles. The number of anilines is 1. The fourth-order valence-electron chi connectivity index (χ4n) is 2.02. The van der Waals surface area contributed by atoms with Crippen LogP contribution in [-0.4, -0.2) is 36.2 Å². The molecule has 0 fully saturated rings. The molecule has 0 radical (unpaired) electrons. The summed E-state index contributed by atoms with van der Waals surface area (Å²) in [6, 6.07) is 7.29. The molecule has 0 saturated heterocycles. The third-order valence-electron chi connectivity index (χ3n) is 3.17. The number of nitrogens with zero attached hydrogens (tertiary/aromatic N) is 5. The van der Waals surface area contributed by atoms with E-state index < -0.39 is 6.10 Å². The second kappa shape index (κ2) is 5.74. The molecule has 2 N–H and O–H groups in total. The largest absolute Gasteiger partial charge is 0.386 e. The highest BCUT2D eigenvalue weighted by atomic mass is 79.9. The minimum absolute atomic E-state index is 0.249. The Labute approximate surface area is 129 Å². The number of aliphatic hydroxyl groups excluding tert-OH is 1. The van der Waals surface area contributed by atoms with Crippen molar-refractivity contribution in [1.82, 2.24) is 25.0 Å². The zero-order valence-electron chi connectivity index (χ0n) is 11.2. The smallest absolute Gasteiger partial charge is 0.221 e. The van der Waals surface area contributed by atoms with Gasteiger partial charge in [-0.25, -0.2) is 4.98 Å². The Bertz CT molecular complexity index is 744. The van der Waals surface area contributed by atoms with Crippen LogP contribution in [0.25, 0.3) is 5.65 Å². The van der Waals surface area contributed by atoms with E-state index in [0.29, 0.717) is 11.5 Å². The zero-order valence-corrected chi connectivity index (χ0v) is 12.8. The van der Waals surface area contributed by atoms with E-state index in [2.05, 4.69) is 41.8 Å². The Morgan fingerprint density at radius 3 is 2.81 bits per heavy atom. The molecule has 108 valence electrons. The third-order valence-corrected chi connectivity index (χ3v) is 3.69. The highest BCUT2D eigenvalue weighted by molar-refractivity contribution is 9.10. The van der Waals surface area contributed by atoms with Crippen molar-refractivity contribution in [1.29, 1.82) is 0 Å². The first-order chi connectivity index (χ1) is 10.1. The summed E-state index contributed by atoms with van der Waals surface area (Å²) >= 11 is 3.38. The van der Waals surface area contributed by atoms with Crippen LogP contribution in [0.5, 0.6) is 0 Å². The first-order valence-electron chi connectivity index (χ1n) is 6.38. The van der Waals surface area contributed by atoms with Crippen molar-refractivity contribution in [3.8, 4) is 0 Å². The number of hydrogen-bond donors (Lipinski definition) is 2. The van der Waals surface area contributed by atoms with Gasteiger partial charge in [-0.3, -0.25) is 0 Å². The summed E-state index contributed by atoms with van der Waals surface area (Å²) in [4.78, 5) is 4.22. The average molecular weight is 349 g/mol. The summed E-state index contributed by atoms with van der Waals surface area (Å²) in [6.07, 6.45) is 2.59. The van der Waals surface area contributed by atoms with Gasteiger partial charge in [0.05, 0.1) is 18.3 Å². The van der Waals surface area contributed by atoms with Gasteiger partial charge in [0.25, 0.3) is 0 Å². The molecule has 0 bridgehead atoms. The molecule has 1 aromatic carbocycles. The van der Waals surface area contributed by atoms with Crippen LogP contribution < -0.4 is 5.32 Å². The number of tetrazole rings is 1. The van der Waals surface area contributed by atoms with Crippen LogP contribution in [0.15, 0.2) is 41.1 Å². The fourth-order valence-corrected chi connectivity index (χ4v) is 2.29. The Kier molecular flexibility index (Phi) is 3.80. The van der Waals surface area contributed by atoms with Gasteiger partial charge in [0.2, 0.25) is 5.65 Å². The van der Waals surface area contributed by atoms with Crippen molar-refractivity contribution in [2.24, 2.45) is 0 Å². The van der Waals surface area contributed by atoms with E-state index in [-0.39, 0.29) is 6.04 Å². The lowest BCUT2D eigenvalue weighted by molar-refractivity contribution is 0.160. The molecule has 2 aromatic heterocycles. The Morgan fingerprint density at radius 2 is 2.05 bits per heavy atom. The summed E-state index contributed by atoms with van der Waals surface area (Å²) in [5.41, 5.74) is 1.34. The second-order valence-corrected chi connectivity index (χ2v) is 5.57. The minimum Gasteiger partial charge on any atom is -0.386 e. The number of benzene rings is 1. The second-order valence-electron chi connectivity index (χ2n) is 4.65. The third kappa shape index (κ3) is 2.86. The molecule has 21 heavy (non-hydrogen) atoms. The summed E-state index contributed by atoms with van der Waals surface area (Å²) in [7, 11) is 0. The van der Waals surface area contributed by atoms with Crippen LogP contribution in [0, 0.1) is 0 Å². The fraction of sp³-hybridized carbons (Fsp3) is 0.231. The summed E-state index contributed by atoms with van der Waals surface area (Å²) < 4.78 is 2.49. The summed E-state index contributed by atoms with van der Waals surface area (Å²) in [5.74, 6) is 0.533. The highest BCUT2D eigenvalue weighted by Crippen LogP contribution is 2.22. The molecule has 0 unspecified atom stereocenters. The van der Waals surface area contributed by atoms with E-state index >= 15 is 0 Å². The van der Waals surface area contributed by atoms with Crippen LogP contribution >= 0.6 is 15.9 Å². The summed E-state index contributed by atoms with van der Waals surface area (Å²) in [5, 5.41) is 24.9. The first-order valence-corrected chi connectivity index (χ1v) is 7.17. The lowest BCUT2D eigenvalue weighted by Gasteiger charge is -2.21. The maximum Gasteiger partial charge on any atom is 0.221 e. The van der Waals surface area contributed by atoms with Crippen molar-refractivity contribution < 1.29 is 5.11 Å².